The zero-order valence-electron chi connectivity index (χ0n) is 13.6. The maximum atomic E-state index is 12.6. The van der Waals surface area contributed by atoms with Gasteiger partial charge in [-0.15, -0.1) is 0 Å². The number of likely N-dealkylation sites (tertiary alicyclic amines) is 1. The van der Waals surface area contributed by atoms with Crippen molar-refractivity contribution >= 4 is 11.6 Å². The first-order valence-corrected chi connectivity index (χ1v) is 7.73. The van der Waals surface area contributed by atoms with Crippen LogP contribution in [0.3, 0.4) is 0 Å². The van der Waals surface area contributed by atoms with Crippen molar-refractivity contribution in [2.24, 2.45) is 5.92 Å². The molecule has 0 aliphatic carbocycles. The average Bonchev–Trinajstić information content (AvgIpc) is 2.46. The Kier molecular flexibility index (Phi) is 5.23. The van der Waals surface area contributed by atoms with Gasteiger partial charge < -0.3 is 15.1 Å². The average molecular weight is 289 g/mol. The Bertz CT molecular complexity index is 491. The van der Waals surface area contributed by atoms with E-state index >= 15 is 0 Å². The summed E-state index contributed by atoms with van der Waals surface area (Å²) in [5.74, 6) is 0.890. The van der Waals surface area contributed by atoms with E-state index < -0.39 is 0 Å². The van der Waals surface area contributed by atoms with Crippen molar-refractivity contribution in [2.45, 2.75) is 19.8 Å². The van der Waals surface area contributed by atoms with Crippen molar-refractivity contribution in [1.29, 1.82) is 0 Å². The second-order valence-electron chi connectivity index (χ2n) is 6.28. The molecule has 1 heterocycles. The lowest BCUT2D eigenvalue weighted by Gasteiger charge is -2.33. The third-order valence-electron chi connectivity index (χ3n) is 4.27. The molecule has 0 atom stereocenters. The zero-order valence-corrected chi connectivity index (χ0v) is 13.6. The molecule has 1 fully saturated rings. The second-order valence-corrected chi connectivity index (χ2v) is 6.28. The zero-order chi connectivity index (χ0) is 15.4. The van der Waals surface area contributed by atoms with Gasteiger partial charge in [-0.1, -0.05) is 0 Å². The number of piperidine rings is 1. The van der Waals surface area contributed by atoms with Crippen LogP contribution in [0.1, 0.15) is 28.8 Å². The Hall–Kier alpha value is -1.55. The molecule has 1 amide bonds. The van der Waals surface area contributed by atoms with Crippen LogP contribution < -0.4 is 5.32 Å². The van der Waals surface area contributed by atoms with E-state index in [9.17, 15) is 4.79 Å². The Morgan fingerprint density at radius 3 is 2.52 bits per heavy atom. The van der Waals surface area contributed by atoms with Crippen molar-refractivity contribution in [3.8, 4) is 0 Å². The lowest BCUT2D eigenvalue weighted by molar-refractivity contribution is 0.0678. The lowest BCUT2D eigenvalue weighted by Crippen LogP contribution is -2.40. The number of rotatable bonds is 4. The SMILES string of the molecule is CNc1ccc(C(=O)N2CCC(CN(C)C)CC2)cc1C. The Morgan fingerprint density at radius 2 is 2.00 bits per heavy atom. The Balaban J connectivity index is 1.97. The summed E-state index contributed by atoms with van der Waals surface area (Å²) >= 11 is 0. The highest BCUT2D eigenvalue weighted by molar-refractivity contribution is 5.95. The summed E-state index contributed by atoms with van der Waals surface area (Å²) in [5, 5.41) is 3.14. The van der Waals surface area contributed by atoms with E-state index in [1.54, 1.807) is 0 Å². The number of carbonyl (C=O) groups is 1. The van der Waals surface area contributed by atoms with Gasteiger partial charge in [0.05, 0.1) is 0 Å². The highest BCUT2D eigenvalue weighted by Gasteiger charge is 2.24. The van der Waals surface area contributed by atoms with Gasteiger partial charge in [0.1, 0.15) is 0 Å². The van der Waals surface area contributed by atoms with Crippen molar-refractivity contribution in [3.05, 3.63) is 29.3 Å². The first-order valence-electron chi connectivity index (χ1n) is 7.73. The van der Waals surface area contributed by atoms with Crippen molar-refractivity contribution in [2.75, 3.05) is 46.1 Å². The predicted molar refractivity (Wildman–Crippen MR) is 87.9 cm³/mol. The summed E-state index contributed by atoms with van der Waals surface area (Å²) in [6, 6.07) is 5.90. The highest BCUT2D eigenvalue weighted by Crippen LogP contribution is 2.21. The number of nitrogens with zero attached hydrogens (tertiary/aromatic N) is 2. The molecule has 1 saturated heterocycles. The molecule has 0 saturated carbocycles. The molecule has 1 aromatic rings. The number of hydrogen-bond donors (Lipinski definition) is 1. The van der Waals surface area contributed by atoms with E-state index in [1.165, 1.54) is 0 Å². The van der Waals surface area contributed by atoms with Gasteiger partial charge in [0, 0.05) is 37.9 Å². The van der Waals surface area contributed by atoms with E-state index in [-0.39, 0.29) is 5.91 Å². The highest BCUT2D eigenvalue weighted by atomic mass is 16.2. The van der Waals surface area contributed by atoms with Gasteiger partial charge in [0.2, 0.25) is 0 Å². The molecule has 1 aliphatic rings. The van der Waals surface area contributed by atoms with Crippen LogP contribution in [-0.2, 0) is 0 Å². The molecule has 1 N–H and O–H groups in total. The minimum absolute atomic E-state index is 0.170. The fourth-order valence-electron chi connectivity index (χ4n) is 3.09. The molecule has 0 spiro atoms. The quantitative estimate of drug-likeness (QED) is 0.925. The number of anilines is 1. The molecule has 2 rings (SSSR count). The molecule has 0 aromatic heterocycles. The van der Waals surface area contributed by atoms with Crippen LogP contribution in [0.2, 0.25) is 0 Å². The summed E-state index contributed by atoms with van der Waals surface area (Å²) in [6.07, 6.45) is 2.22. The largest absolute Gasteiger partial charge is 0.388 e. The molecule has 4 nitrogen and oxygen atoms in total. The molecule has 0 bridgehead atoms. The monoisotopic (exact) mass is 289 g/mol. The van der Waals surface area contributed by atoms with Gasteiger partial charge in [0.25, 0.3) is 5.91 Å². The third-order valence-corrected chi connectivity index (χ3v) is 4.27. The van der Waals surface area contributed by atoms with E-state index in [0.29, 0.717) is 0 Å². The van der Waals surface area contributed by atoms with Crippen molar-refractivity contribution in [3.63, 3.8) is 0 Å². The minimum atomic E-state index is 0.170. The maximum Gasteiger partial charge on any atom is 0.253 e. The molecule has 4 heteroatoms. The Labute approximate surface area is 128 Å². The van der Waals surface area contributed by atoms with Crippen LogP contribution in [-0.4, -0.2) is 56.5 Å². The van der Waals surface area contributed by atoms with Gasteiger partial charge in [-0.25, -0.2) is 0 Å². The van der Waals surface area contributed by atoms with Crippen LogP contribution >= 0.6 is 0 Å². The van der Waals surface area contributed by atoms with E-state index in [1.807, 2.05) is 37.1 Å². The minimum Gasteiger partial charge on any atom is -0.388 e. The van der Waals surface area contributed by atoms with Gasteiger partial charge in [-0.2, -0.15) is 0 Å². The van der Waals surface area contributed by atoms with Crippen molar-refractivity contribution in [1.82, 2.24) is 9.80 Å². The van der Waals surface area contributed by atoms with Gasteiger partial charge in [-0.05, 0) is 63.5 Å². The first kappa shape index (κ1) is 15.8. The summed E-state index contributed by atoms with van der Waals surface area (Å²) in [5.41, 5.74) is 3.00. The van der Waals surface area contributed by atoms with Gasteiger partial charge in [0.15, 0.2) is 0 Å². The van der Waals surface area contributed by atoms with E-state index in [0.717, 1.165) is 55.2 Å². The summed E-state index contributed by atoms with van der Waals surface area (Å²) in [7, 11) is 6.13. The molecule has 1 aromatic carbocycles. The van der Waals surface area contributed by atoms with Gasteiger partial charge >= 0.3 is 0 Å². The maximum absolute atomic E-state index is 12.6. The third kappa shape index (κ3) is 3.97. The Morgan fingerprint density at radius 1 is 1.33 bits per heavy atom. The van der Waals surface area contributed by atoms with E-state index in [4.69, 9.17) is 0 Å². The number of nitrogens with one attached hydrogen (secondary N) is 1. The molecule has 0 unspecified atom stereocenters. The molecule has 21 heavy (non-hydrogen) atoms. The lowest BCUT2D eigenvalue weighted by atomic mass is 9.95. The topological polar surface area (TPSA) is 35.6 Å². The molecule has 0 radical (unpaired) electrons. The molecule has 1 aliphatic heterocycles. The summed E-state index contributed by atoms with van der Waals surface area (Å²) in [6.45, 7) is 4.91. The van der Waals surface area contributed by atoms with Crippen LogP contribution in [0.5, 0.6) is 0 Å². The van der Waals surface area contributed by atoms with E-state index in [2.05, 4.69) is 24.3 Å². The number of carbonyl (C=O) groups excluding carboxylic acids is 1. The number of amides is 1. The molecular formula is C17H27N3O. The number of aryl methyl sites for hydroxylation is 1. The second kappa shape index (κ2) is 6.94. The van der Waals surface area contributed by atoms with Crippen LogP contribution in [0, 0.1) is 12.8 Å². The predicted octanol–water partition coefficient (Wildman–Crippen LogP) is 2.45. The van der Waals surface area contributed by atoms with Crippen LogP contribution in [0.15, 0.2) is 18.2 Å². The fraction of sp³-hybridized carbons (Fsp3) is 0.588. The summed E-state index contributed by atoms with van der Waals surface area (Å²) < 4.78 is 0. The first-order chi connectivity index (χ1) is 10.0. The normalized spacial score (nSPS) is 16.3. The van der Waals surface area contributed by atoms with Gasteiger partial charge in [-0.3, -0.25) is 4.79 Å². The van der Waals surface area contributed by atoms with Crippen LogP contribution in [0.4, 0.5) is 5.69 Å². The number of hydrogen-bond acceptors (Lipinski definition) is 3. The smallest absolute Gasteiger partial charge is 0.253 e. The standard InChI is InChI=1S/C17H27N3O/c1-13-11-15(5-6-16(13)18-2)17(21)20-9-7-14(8-10-20)12-19(3)4/h5-6,11,14,18H,7-10,12H2,1-4H3. The number of benzene rings is 1. The molecular weight excluding hydrogens is 262 g/mol. The van der Waals surface area contributed by atoms with Crippen LogP contribution in [0.25, 0.3) is 0 Å². The fourth-order valence-corrected chi connectivity index (χ4v) is 3.09. The molecule has 116 valence electrons. The van der Waals surface area contributed by atoms with Crippen molar-refractivity contribution < 1.29 is 4.79 Å². The summed E-state index contributed by atoms with van der Waals surface area (Å²) in [4.78, 5) is 16.8.